The summed E-state index contributed by atoms with van der Waals surface area (Å²) < 4.78 is 0. The van der Waals surface area contributed by atoms with Gasteiger partial charge in [-0.3, -0.25) is 0 Å². The summed E-state index contributed by atoms with van der Waals surface area (Å²) in [4.78, 5) is 0. The molecule has 0 aromatic heterocycles. The molecule has 0 aliphatic carbocycles. The minimum Gasteiger partial charge on any atom is -0.300 e. The number of hydrazone groups is 1. The Labute approximate surface area is 63.2 Å². The van der Waals surface area contributed by atoms with Crippen LogP contribution in [-0.2, 0) is 0 Å². The predicted molar refractivity (Wildman–Crippen MR) is 46.2 cm³/mol. The highest BCUT2D eigenvalue weighted by molar-refractivity contribution is 5.96. The molecule has 0 aliphatic rings. The molecule has 2 nitrogen and oxygen atoms in total. The number of hydrogen-bond donors (Lipinski definition) is 0. The zero-order valence-corrected chi connectivity index (χ0v) is 7.31. The van der Waals surface area contributed by atoms with Crippen LogP contribution in [0, 0.1) is 0 Å². The summed E-state index contributed by atoms with van der Waals surface area (Å²) in [5, 5.41) is 6.14. The van der Waals surface area contributed by atoms with Gasteiger partial charge in [0.25, 0.3) is 0 Å². The Morgan fingerprint density at radius 1 is 1.50 bits per heavy atom. The van der Waals surface area contributed by atoms with E-state index in [9.17, 15) is 0 Å². The quantitative estimate of drug-likeness (QED) is 0.432. The molecule has 0 bridgehead atoms. The first-order chi connectivity index (χ1) is 4.57. The Bertz CT molecular complexity index is 147. The van der Waals surface area contributed by atoms with Crippen LogP contribution in [0.2, 0.25) is 0 Å². The Hall–Kier alpha value is -0.790. The van der Waals surface area contributed by atoms with Crippen LogP contribution in [0.4, 0.5) is 0 Å². The van der Waals surface area contributed by atoms with Gasteiger partial charge in [-0.15, -0.1) is 0 Å². The summed E-state index contributed by atoms with van der Waals surface area (Å²) in [5.41, 5.74) is 2.03. The van der Waals surface area contributed by atoms with Gasteiger partial charge in [-0.2, -0.15) is 5.10 Å². The first kappa shape index (κ1) is 9.21. The second-order valence-corrected chi connectivity index (χ2v) is 2.44. The van der Waals surface area contributed by atoms with Crippen LogP contribution < -0.4 is 0 Å². The molecule has 0 fully saturated rings. The first-order valence-corrected chi connectivity index (χ1v) is 3.50. The minimum absolute atomic E-state index is 0.935. The lowest BCUT2D eigenvalue weighted by molar-refractivity contribution is 0.375. The third-order valence-electron chi connectivity index (χ3n) is 1.40. The van der Waals surface area contributed by atoms with Crippen molar-refractivity contribution in [2.75, 3.05) is 13.6 Å². The molecule has 58 valence electrons. The third kappa shape index (κ3) is 3.28. The molecule has 10 heavy (non-hydrogen) atoms. The highest BCUT2D eigenvalue weighted by Crippen LogP contribution is 1.93. The largest absolute Gasteiger partial charge is 0.300 e. The topological polar surface area (TPSA) is 15.6 Å². The van der Waals surface area contributed by atoms with E-state index >= 15 is 0 Å². The predicted octanol–water partition coefficient (Wildman–Crippen LogP) is 1.89. The number of allylic oxidation sites excluding steroid dienone is 1. The van der Waals surface area contributed by atoms with E-state index in [1.165, 1.54) is 0 Å². The minimum atomic E-state index is 0.935. The average molecular weight is 140 g/mol. The van der Waals surface area contributed by atoms with Gasteiger partial charge in [0.15, 0.2) is 0 Å². The lowest BCUT2D eigenvalue weighted by Crippen LogP contribution is -2.12. The second kappa shape index (κ2) is 4.09. The maximum atomic E-state index is 4.25. The molecule has 0 aliphatic heterocycles. The van der Waals surface area contributed by atoms with Gasteiger partial charge >= 0.3 is 0 Å². The molecule has 0 unspecified atom stereocenters. The molecule has 0 radical (unpaired) electrons. The van der Waals surface area contributed by atoms with Crippen LogP contribution in [0.25, 0.3) is 0 Å². The van der Waals surface area contributed by atoms with E-state index in [1.807, 2.05) is 25.9 Å². The Balaban J connectivity index is 4.02. The highest BCUT2D eigenvalue weighted by Gasteiger charge is 1.91. The Morgan fingerprint density at radius 2 is 2.00 bits per heavy atom. The van der Waals surface area contributed by atoms with Crippen LogP contribution in [0.1, 0.15) is 20.8 Å². The zero-order valence-electron chi connectivity index (χ0n) is 7.31. The van der Waals surface area contributed by atoms with E-state index < -0.39 is 0 Å². The molecule has 0 aromatic carbocycles. The van der Waals surface area contributed by atoms with Gasteiger partial charge in [-0.25, -0.2) is 0 Å². The molecular weight excluding hydrogens is 124 g/mol. The maximum Gasteiger partial charge on any atom is 0.0597 e. The Kier molecular flexibility index (Phi) is 3.77. The van der Waals surface area contributed by atoms with Gasteiger partial charge in [0, 0.05) is 13.6 Å². The molecule has 0 N–H and O–H groups in total. The highest BCUT2D eigenvalue weighted by atomic mass is 15.4. The molecule has 2 heteroatoms. The molecule has 0 saturated heterocycles. The van der Waals surface area contributed by atoms with Crippen molar-refractivity contribution in [3.63, 3.8) is 0 Å². The van der Waals surface area contributed by atoms with Crippen molar-refractivity contribution in [2.45, 2.75) is 20.8 Å². The zero-order chi connectivity index (χ0) is 8.15. The summed E-state index contributed by atoms with van der Waals surface area (Å²) >= 11 is 0. The monoisotopic (exact) mass is 140 g/mol. The molecule has 0 heterocycles. The van der Waals surface area contributed by atoms with Gasteiger partial charge in [0.2, 0.25) is 0 Å². The van der Waals surface area contributed by atoms with Crippen molar-refractivity contribution in [3.05, 3.63) is 12.2 Å². The maximum absolute atomic E-state index is 4.25. The normalized spacial score (nSPS) is 11.4. The van der Waals surface area contributed by atoms with Crippen LogP contribution in [0.5, 0.6) is 0 Å². The summed E-state index contributed by atoms with van der Waals surface area (Å²) in [6, 6.07) is 0. The van der Waals surface area contributed by atoms with E-state index in [0.717, 1.165) is 17.8 Å². The van der Waals surface area contributed by atoms with E-state index in [-0.39, 0.29) is 0 Å². The summed E-state index contributed by atoms with van der Waals surface area (Å²) in [5.74, 6) is 0. The van der Waals surface area contributed by atoms with Crippen LogP contribution >= 0.6 is 0 Å². The van der Waals surface area contributed by atoms with Crippen molar-refractivity contribution in [2.24, 2.45) is 5.10 Å². The van der Waals surface area contributed by atoms with Crippen molar-refractivity contribution in [1.29, 1.82) is 0 Å². The van der Waals surface area contributed by atoms with Gasteiger partial charge < -0.3 is 5.01 Å². The lowest BCUT2D eigenvalue weighted by Gasteiger charge is -2.10. The van der Waals surface area contributed by atoms with Crippen LogP contribution in [0.3, 0.4) is 0 Å². The SMILES string of the molecule is C=C(C)C(C)=NN(C)CC. The molecule has 0 amide bonds. The average Bonchev–Trinajstić information content (AvgIpc) is 1.87. The van der Waals surface area contributed by atoms with E-state index in [0.29, 0.717) is 0 Å². The second-order valence-electron chi connectivity index (χ2n) is 2.44. The van der Waals surface area contributed by atoms with E-state index in [4.69, 9.17) is 0 Å². The van der Waals surface area contributed by atoms with Gasteiger partial charge in [0.05, 0.1) is 5.71 Å². The first-order valence-electron chi connectivity index (χ1n) is 3.50. The van der Waals surface area contributed by atoms with Crippen molar-refractivity contribution < 1.29 is 0 Å². The fraction of sp³-hybridized carbons (Fsp3) is 0.625. The van der Waals surface area contributed by atoms with Gasteiger partial charge in [-0.1, -0.05) is 6.58 Å². The van der Waals surface area contributed by atoms with E-state index in [2.05, 4.69) is 18.6 Å². The number of hydrogen-bond acceptors (Lipinski definition) is 2. The number of rotatable bonds is 3. The lowest BCUT2D eigenvalue weighted by atomic mass is 10.2. The van der Waals surface area contributed by atoms with Crippen molar-refractivity contribution in [1.82, 2.24) is 5.01 Å². The summed E-state index contributed by atoms with van der Waals surface area (Å²) in [6.45, 7) is 10.7. The fourth-order valence-electron chi connectivity index (χ4n) is 0.412. The van der Waals surface area contributed by atoms with Crippen molar-refractivity contribution >= 4 is 5.71 Å². The smallest absolute Gasteiger partial charge is 0.0597 e. The van der Waals surface area contributed by atoms with Crippen LogP contribution in [0.15, 0.2) is 17.3 Å². The third-order valence-corrected chi connectivity index (χ3v) is 1.40. The molecule has 0 aromatic rings. The fourth-order valence-corrected chi connectivity index (χ4v) is 0.412. The Morgan fingerprint density at radius 3 is 2.30 bits per heavy atom. The van der Waals surface area contributed by atoms with Crippen LogP contribution in [-0.4, -0.2) is 24.3 Å². The van der Waals surface area contributed by atoms with Crippen molar-refractivity contribution in [3.8, 4) is 0 Å². The van der Waals surface area contributed by atoms with Gasteiger partial charge in [0.1, 0.15) is 0 Å². The molecule has 0 spiro atoms. The van der Waals surface area contributed by atoms with E-state index in [1.54, 1.807) is 0 Å². The number of nitrogens with zero attached hydrogens (tertiary/aromatic N) is 2. The standard InChI is InChI=1S/C8H16N2/c1-6-10(5)9-8(4)7(2)3/h2,6H2,1,3-5H3. The molecule has 0 saturated carbocycles. The summed E-state index contributed by atoms with van der Waals surface area (Å²) in [7, 11) is 1.95. The molecule has 0 rings (SSSR count). The molecule has 0 atom stereocenters. The van der Waals surface area contributed by atoms with Gasteiger partial charge in [-0.05, 0) is 26.3 Å². The molecular formula is C8H16N2. The summed E-state index contributed by atoms with van der Waals surface area (Å²) in [6.07, 6.45) is 0.